The highest BCUT2D eigenvalue weighted by Crippen LogP contribution is 2.32. The van der Waals surface area contributed by atoms with E-state index in [9.17, 15) is 9.59 Å². The van der Waals surface area contributed by atoms with Gasteiger partial charge in [0.1, 0.15) is 5.75 Å². The van der Waals surface area contributed by atoms with E-state index in [0.29, 0.717) is 41.2 Å². The van der Waals surface area contributed by atoms with Gasteiger partial charge in [-0.05, 0) is 25.5 Å². The molecule has 0 saturated heterocycles. The molecule has 5 nitrogen and oxygen atoms in total. The zero-order chi connectivity index (χ0) is 16.8. The van der Waals surface area contributed by atoms with Gasteiger partial charge in [0, 0.05) is 29.9 Å². The van der Waals surface area contributed by atoms with Crippen LogP contribution in [0.3, 0.4) is 0 Å². The highest BCUT2D eigenvalue weighted by atomic mass is 35.5. The number of esters is 1. The molecule has 0 aromatic heterocycles. The Morgan fingerprint density at radius 2 is 2.22 bits per heavy atom. The quantitative estimate of drug-likeness (QED) is 0.490. The minimum atomic E-state index is -0.714. The van der Waals surface area contributed by atoms with Crippen molar-refractivity contribution in [1.82, 2.24) is 0 Å². The molecule has 0 fully saturated rings. The lowest BCUT2D eigenvalue weighted by atomic mass is 10.0. The Balaban J connectivity index is 2.39. The Kier molecular flexibility index (Phi) is 6.19. The van der Waals surface area contributed by atoms with E-state index in [1.807, 2.05) is 0 Å². The second-order valence-electron chi connectivity index (χ2n) is 5.19. The second kappa shape index (κ2) is 8.13. The van der Waals surface area contributed by atoms with Crippen LogP contribution < -0.4 is 10.5 Å². The molecule has 2 N–H and O–H groups in total. The number of hydrogen-bond donors (Lipinski definition) is 1. The third kappa shape index (κ3) is 4.33. The normalized spacial score (nSPS) is 16.7. The summed E-state index contributed by atoms with van der Waals surface area (Å²) in [6.45, 7) is 2.03. The summed E-state index contributed by atoms with van der Waals surface area (Å²) in [5.74, 6) is 0.369. The third-order valence-corrected chi connectivity index (χ3v) is 3.71. The van der Waals surface area contributed by atoms with Gasteiger partial charge in [-0.25, -0.2) is 4.79 Å². The molecule has 1 atom stereocenters. The first-order valence-electron chi connectivity index (χ1n) is 7.59. The fourth-order valence-corrected chi connectivity index (χ4v) is 2.54. The molecule has 0 saturated carbocycles. The molecule has 124 valence electrons. The minimum absolute atomic E-state index is 0.0531. The molecule has 1 unspecified atom stereocenters. The van der Waals surface area contributed by atoms with Gasteiger partial charge in [-0.3, -0.25) is 10.5 Å². The van der Waals surface area contributed by atoms with Crippen molar-refractivity contribution in [3.63, 3.8) is 0 Å². The summed E-state index contributed by atoms with van der Waals surface area (Å²) in [7, 11) is 0. The number of rotatable bonds is 6. The summed E-state index contributed by atoms with van der Waals surface area (Å²) < 4.78 is 10.7. The van der Waals surface area contributed by atoms with Crippen LogP contribution in [0, 0.1) is 0 Å². The van der Waals surface area contributed by atoms with Crippen molar-refractivity contribution in [1.29, 1.82) is 0 Å². The van der Waals surface area contributed by atoms with Crippen molar-refractivity contribution >= 4 is 29.4 Å². The number of benzene rings is 1. The van der Waals surface area contributed by atoms with Gasteiger partial charge in [0.2, 0.25) is 0 Å². The maximum atomic E-state index is 12.3. The maximum Gasteiger partial charge on any atom is 0.334 e. The molecule has 1 heterocycles. The predicted octanol–water partition coefficient (Wildman–Crippen LogP) is 2.90. The number of carbonyl (C=O) groups excluding carboxylic acids is 2. The van der Waals surface area contributed by atoms with Crippen LogP contribution in [0.5, 0.6) is 5.75 Å². The molecular weight excluding hydrogens is 318 g/mol. The molecule has 0 bridgehead atoms. The molecule has 0 spiro atoms. The lowest BCUT2D eigenvalue weighted by Crippen LogP contribution is -2.29. The highest BCUT2D eigenvalue weighted by Gasteiger charge is 2.24. The van der Waals surface area contributed by atoms with Crippen LogP contribution in [-0.2, 0) is 9.53 Å². The molecule has 6 heteroatoms. The zero-order valence-electron chi connectivity index (χ0n) is 13.0. The molecule has 1 aromatic rings. The molecule has 0 radical (unpaired) electrons. The molecule has 1 aliphatic heterocycles. The van der Waals surface area contributed by atoms with Gasteiger partial charge in [-0.15, -0.1) is 11.6 Å². The Bertz CT molecular complexity index is 627. The van der Waals surface area contributed by atoms with E-state index in [0.717, 1.165) is 0 Å². The van der Waals surface area contributed by atoms with E-state index in [4.69, 9.17) is 26.8 Å². The van der Waals surface area contributed by atoms with Gasteiger partial charge in [-0.1, -0.05) is 12.1 Å². The summed E-state index contributed by atoms with van der Waals surface area (Å²) >= 11 is 5.65. The molecule has 1 aromatic carbocycles. The van der Waals surface area contributed by atoms with E-state index < -0.39 is 12.2 Å². The van der Waals surface area contributed by atoms with E-state index >= 15 is 0 Å². The first-order chi connectivity index (χ1) is 11.1. The van der Waals surface area contributed by atoms with Crippen molar-refractivity contribution in [2.75, 3.05) is 12.5 Å². The van der Waals surface area contributed by atoms with Crippen LogP contribution in [-0.4, -0.2) is 30.5 Å². The number of halogens is 1. The van der Waals surface area contributed by atoms with Gasteiger partial charge in [0.25, 0.3) is 0 Å². The van der Waals surface area contributed by atoms with Gasteiger partial charge in [-0.2, -0.15) is 0 Å². The second-order valence-corrected chi connectivity index (χ2v) is 5.57. The standard InChI is InChI=1S/C17H20ClNO4/c1-2-22-17(21)12-9-11-5-3-6-13(14(20)7-4-8-18)16(11)23-15(19)10-12/h3,5-6,9,15H,2,4,7-8,10,19H2,1H3. The predicted molar refractivity (Wildman–Crippen MR) is 88.6 cm³/mol. The fourth-order valence-electron chi connectivity index (χ4n) is 2.40. The van der Waals surface area contributed by atoms with Crippen LogP contribution in [0.25, 0.3) is 6.08 Å². The molecule has 2 rings (SSSR count). The molecular formula is C17H20ClNO4. The van der Waals surface area contributed by atoms with E-state index in [1.54, 1.807) is 31.2 Å². The maximum absolute atomic E-state index is 12.3. The summed E-state index contributed by atoms with van der Waals surface area (Å²) in [5.41, 5.74) is 7.49. The summed E-state index contributed by atoms with van der Waals surface area (Å²) in [4.78, 5) is 24.3. The van der Waals surface area contributed by atoms with Crippen molar-refractivity contribution in [2.45, 2.75) is 32.4 Å². The van der Waals surface area contributed by atoms with E-state index in [2.05, 4.69) is 0 Å². The zero-order valence-corrected chi connectivity index (χ0v) is 13.8. The Morgan fingerprint density at radius 1 is 1.43 bits per heavy atom. The Morgan fingerprint density at radius 3 is 2.91 bits per heavy atom. The van der Waals surface area contributed by atoms with Gasteiger partial charge in [0.05, 0.1) is 12.2 Å². The van der Waals surface area contributed by atoms with Crippen LogP contribution >= 0.6 is 11.6 Å². The monoisotopic (exact) mass is 337 g/mol. The largest absolute Gasteiger partial charge is 0.474 e. The number of hydrogen-bond acceptors (Lipinski definition) is 5. The summed E-state index contributed by atoms with van der Waals surface area (Å²) in [6.07, 6.45) is 2.13. The molecule has 1 aliphatic rings. The number of Topliss-reactive ketones (excluding diaryl/α,β-unsaturated/α-hetero) is 1. The summed E-state index contributed by atoms with van der Waals surface area (Å²) in [6, 6.07) is 5.24. The van der Waals surface area contributed by atoms with Crippen LogP contribution in [0.1, 0.15) is 42.1 Å². The number of fused-ring (bicyclic) bond motifs is 1. The van der Waals surface area contributed by atoms with Crippen molar-refractivity contribution in [3.05, 3.63) is 34.9 Å². The number of nitrogens with two attached hydrogens (primary N) is 1. The Labute approximate surface area is 140 Å². The van der Waals surface area contributed by atoms with Crippen molar-refractivity contribution < 1.29 is 19.1 Å². The number of ether oxygens (including phenoxy) is 2. The number of carbonyl (C=O) groups is 2. The number of para-hydroxylation sites is 1. The first kappa shape index (κ1) is 17.5. The van der Waals surface area contributed by atoms with E-state index in [-0.39, 0.29) is 18.8 Å². The minimum Gasteiger partial charge on any atom is -0.474 e. The molecule has 0 aliphatic carbocycles. The number of ketones is 1. The SMILES string of the molecule is CCOC(=O)C1=Cc2cccc(C(=O)CCCCl)c2OC(N)C1. The Hall–Kier alpha value is -1.85. The first-order valence-corrected chi connectivity index (χ1v) is 8.12. The lowest BCUT2D eigenvalue weighted by molar-refractivity contribution is -0.138. The average Bonchev–Trinajstić information content (AvgIpc) is 2.70. The van der Waals surface area contributed by atoms with Crippen molar-refractivity contribution in [3.8, 4) is 5.75 Å². The van der Waals surface area contributed by atoms with Gasteiger partial charge >= 0.3 is 5.97 Å². The van der Waals surface area contributed by atoms with Gasteiger partial charge < -0.3 is 9.47 Å². The van der Waals surface area contributed by atoms with Gasteiger partial charge in [0.15, 0.2) is 12.0 Å². The average molecular weight is 338 g/mol. The van der Waals surface area contributed by atoms with Crippen LogP contribution in [0.15, 0.2) is 23.8 Å². The van der Waals surface area contributed by atoms with Crippen LogP contribution in [0.2, 0.25) is 0 Å². The van der Waals surface area contributed by atoms with Crippen LogP contribution in [0.4, 0.5) is 0 Å². The highest BCUT2D eigenvalue weighted by molar-refractivity contribution is 6.18. The molecule has 23 heavy (non-hydrogen) atoms. The number of alkyl halides is 1. The molecule has 0 amide bonds. The third-order valence-electron chi connectivity index (χ3n) is 3.44. The topological polar surface area (TPSA) is 78.6 Å². The van der Waals surface area contributed by atoms with Crippen molar-refractivity contribution in [2.24, 2.45) is 5.73 Å². The lowest BCUT2D eigenvalue weighted by Gasteiger charge is -2.16. The fraction of sp³-hybridized carbons (Fsp3) is 0.412. The summed E-state index contributed by atoms with van der Waals surface area (Å²) in [5, 5.41) is 0. The van der Waals surface area contributed by atoms with E-state index in [1.165, 1.54) is 0 Å². The smallest absolute Gasteiger partial charge is 0.334 e.